The molecule has 0 radical (unpaired) electrons. The van der Waals surface area contributed by atoms with Crippen LogP contribution >= 0.6 is 0 Å². The number of benzene rings is 1. The van der Waals surface area contributed by atoms with Crippen LogP contribution in [-0.4, -0.2) is 11.0 Å². The van der Waals surface area contributed by atoms with E-state index in [-0.39, 0.29) is 17.7 Å². The van der Waals surface area contributed by atoms with Crippen molar-refractivity contribution in [1.29, 1.82) is 0 Å². The van der Waals surface area contributed by atoms with Crippen LogP contribution in [0.15, 0.2) is 36.9 Å². The molecule has 1 atom stereocenters. The molecule has 1 aromatic rings. The number of phenols is 1. The third-order valence-corrected chi connectivity index (χ3v) is 1.95. The third-order valence-electron chi connectivity index (χ3n) is 1.95. The zero-order valence-electron chi connectivity index (χ0n) is 8.03. The van der Waals surface area contributed by atoms with Gasteiger partial charge in [0.1, 0.15) is 5.75 Å². The van der Waals surface area contributed by atoms with Crippen molar-refractivity contribution in [3.8, 4) is 5.75 Å². The van der Waals surface area contributed by atoms with Crippen molar-refractivity contribution in [3.05, 3.63) is 42.5 Å². The van der Waals surface area contributed by atoms with Gasteiger partial charge in [-0.15, -0.1) is 0 Å². The molecule has 0 fully saturated rings. The predicted octanol–water partition coefficient (Wildman–Crippen LogP) is 1.76. The number of para-hydroxylation sites is 1. The molecule has 0 aliphatic carbocycles. The molecule has 3 nitrogen and oxygen atoms in total. The Kier molecular flexibility index (Phi) is 3.29. The molecule has 3 heteroatoms. The predicted molar refractivity (Wildman–Crippen MR) is 54.9 cm³/mol. The standard InChI is InChI=1S/C11H13NO2/c1-3-11(14)12-8(2)9-6-4-5-7-10(9)13/h3-8,13H,1H2,2H3,(H,12,14)/t8-/m0/s1. The monoisotopic (exact) mass is 191 g/mol. The average Bonchev–Trinajstić information content (AvgIpc) is 2.18. The van der Waals surface area contributed by atoms with Gasteiger partial charge in [-0.25, -0.2) is 0 Å². The maximum Gasteiger partial charge on any atom is 0.243 e. The first-order chi connectivity index (χ1) is 6.65. The van der Waals surface area contributed by atoms with Crippen molar-refractivity contribution < 1.29 is 9.90 Å². The topological polar surface area (TPSA) is 49.3 Å². The number of nitrogens with one attached hydrogen (secondary N) is 1. The molecule has 74 valence electrons. The maximum atomic E-state index is 11.0. The number of hydrogen-bond donors (Lipinski definition) is 2. The molecule has 0 saturated carbocycles. The first-order valence-corrected chi connectivity index (χ1v) is 4.36. The number of aromatic hydroxyl groups is 1. The van der Waals surface area contributed by atoms with E-state index in [9.17, 15) is 9.90 Å². The third kappa shape index (κ3) is 2.36. The Hall–Kier alpha value is -1.77. The Morgan fingerprint density at radius 3 is 2.79 bits per heavy atom. The second-order valence-corrected chi connectivity index (χ2v) is 2.99. The van der Waals surface area contributed by atoms with Crippen LogP contribution in [0, 0.1) is 0 Å². The fraction of sp³-hybridized carbons (Fsp3) is 0.182. The maximum absolute atomic E-state index is 11.0. The molecule has 14 heavy (non-hydrogen) atoms. The fourth-order valence-electron chi connectivity index (χ4n) is 1.20. The van der Waals surface area contributed by atoms with Crippen LogP contribution in [0.4, 0.5) is 0 Å². The summed E-state index contributed by atoms with van der Waals surface area (Å²) in [4.78, 5) is 11.0. The summed E-state index contributed by atoms with van der Waals surface area (Å²) >= 11 is 0. The molecule has 0 unspecified atom stereocenters. The van der Waals surface area contributed by atoms with Gasteiger partial charge in [0.2, 0.25) is 5.91 Å². The second kappa shape index (κ2) is 4.46. The van der Waals surface area contributed by atoms with Gasteiger partial charge in [-0.2, -0.15) is 0 Å². The summed E-state index contributed by atoms with van der Waals surface area (Å²) in [5.74, 6) is -0.0647. The van der Waals surface area contributed by atoms with Gasteiger partial charge < -0.3 is 10.4 Å². The van der Waals surface area contributed by atoms with Gasteiger partial charge in [0, 0.05) is 5.56 Å². The first-order valence-electron chi connectivity index (χ1n) is 4.36. The van der Waals surface area contributed by atoms with Crippen LogP contribution in [-0.2, 0) is 4.79 Å². The molecule has 1 aromatic carbocycles. The molecule has 1 rings (SSSR count). The minimum Gasteiger partial charge on any atom is -0.508 e. The van der Waals surface area contributed by atoms with Gasteiger partial charge in [-0.1, -0.05) is 24.8 Å². The summed E-state index contributed by atoms with van der Waals surface area (Å²) in [7, 11) is 0. The van der Waals surface area contributed by atoms with E-state index >= 15 is 0 Å². The zero-order valence-corrected chi connectivity index (χ0v) is 8.03. The van der Waals surface area contributed by atoms with E-state index in [0.29, 0.717) is 5.56 Å². The Balaban J connectivity index is 2.79. The molecular formula is C11H13NO2. The van der Waals surface area contributed by atoms with E-state index in [2.05, 4.69) is 11.9 Å². The molecule has 0 saturated heterocycles. The minimum atomic E-state index is -0.249. The van der Waals surface area contributed by atoms with Crippen molar-refractivity contribution >= 4 is 5.91 Å². The molecule has 2 N–H and O–H groups in total. The van der Waals surface area contributed by atoms with Crippen LogP contribution in [0.3, 0.4) is 0 Å². The quantitative estimate of drug-likeness (QED) is 0.715. The highest BCUT2D eigenvalue weighted by molar-refractivity contribution is 5.87. The van der Waals surface area contributed by atoms with Crippen molar-refractivity contribution in [2.45, 2.75) is 13.0 Å². The number of carbonyl (C=O) groups excluding carboxylic acids is 1. The molecule has 0 heterocycles. The lowest BCUT2D eigenvalue weighted by molar-refractivity contribution is -0.117. The van der Waals surface area contributed by atoms with Crippen LogP contribution in [0.2, 0.25) is 0 Å². The summed E-state index contributed by atoms with van der Waals surface area (Å²) in [6, 6.07) is 6.68. The van der Waals surface area contributed by atoms with Gasteiger partial charge in [0.05, 0.1) is 6.04 Å². The SMILES string of the molecule is C=CC(=O)N[C@@H](C)c1ccccc1O. The van der Waals surface area contributed by atoms with Gasteiger partial charge >= 0.3 is 0 Å². The average molecular weight is 191 g/mol. The van der Waals surface area contributed by atoms with Gasteiger partial charge in [-0.3, -0.25) is 4.79 Å². The van der Waals surface area contributed by atoms with Crippen molar-refractivity contribution in [2.24, 2.45) is 0 Å². The smallest absolute Gasteiger partial charge is 0.243 e. The molecule has 0 aliphatic heterocycles. The van der Waals surface area contributed by atoms with Crippen LogP contribution in [0.1, 0.15) is 18.5 Å². The van der Waals surface area contributed by atoms with E-state index in [0.717, 1.165) is 0 Å². The van der Waals surface area contributed by atoms with Gasteiger partial charge in [-0.05, 0) is 19.1 Å². The van der Waals surface area contributed by atoms with E-state index in [1.54, 1.807) is 25.1 Å². The fourth-order valence-corrected chi connectivity index (χ4v) is 1.20. The summed E-state index contributed by atoms with van der Waals surface area (Å²) in [6.07, 6.45) is 1.20. The number of phenolic OH excluding ortho intramolecular Hbond substituents is 1. The summed E-state index contributed by atoms with van der Waals surface area (Å²) < 4.78 is 0. The highest BCUT2D eigenvalue weighted by Crippen LogP contribution is 2.22. The van der Waals surface area contributed by atoms with Crippen molar-refractivity contribution in [2.75, 3.05) is 0 Å². The Morgan fingerprint density at radius 2 is 2.21 bits per heavy atom. The van der Waals surface area contributed by atoms with E-state index in [1.807, 2.05) is 6.07 Å². The molecular weight excluding hydrogens is 178 g/mol. The van der Waals surface area contributed by atoms with Crippen LogP contribution < -0.4 is 5.32 Å². The van der Waals surface area contributed by atoms with Crippen molar-refractivity contribution in [3.63, 3.8) is 0 Å². The Morgan fingerprint density at radius 1 is 1.57 bits per heavy atom. The second-order valence-electron chi connectivity index (χ2n) is 2.99. The van der Waals surface area contributed by atoms with E-state index in [4.69, 9.17) is 0 Å². The summed E-state index contributed by atoms with van der Waals surface area (Å²) in [5.41, 5.74) is 0.697. The van der Waals surface area contributed by atoms with Crippen molar-refractivity contribution in [1.82, 2.24) is 5.32 Å². The molecule has 1 amide bonds. The lowest BCUT2D eigenvalue weighted by Crippen LogP contribution is -2.24. The number of carbonyl (C=O) groups is 1. The molecule has 0 aliphatic rings. The number of rotatable bonds is 3. The molecule has 0 bridgehead atoms. The Bertz CT molecular complexity index is 347. The lowest BCUT2D eigenvalue weighted by Gasteiger charge is -2.13. The minimum absolute atomic E-state index is 0.185. The summed E-state index contributed by atoms with van der Waals surface area (Å²) in [6.45, 7) is 5.16. The van der Waals surface area contributed by atoms with Gasteiger partial charge in [0.25, 0.3) is 0 Å². The summed E-state index contributed by atoms with van der Waals surface area (Å²) in [5, 5.41) is 12.2. The van der Waals surface area contributed by atoms with E-state index < -0.39 is 0 Å². The number of amides is 1. The molecule has 0 aromatic heterocycles. The van der Waals surface area contributed by atoms with Crippen LogP contribution in [0.25, 0.3) is 0 Å². The lowest BCUT2D eigenvalue weighted by atomic mass is 10.1. The zero-order chi connectivity index (χ0) is 10.6. The first kappa shape index (κ1) is 10.3. The van der Waals surface area contributed by atoms with Gasteiger partial charge in [0.15, 0.2) is 0 Å². The number of hydrogen-bond acceptors (Lipinski definition) is 2. The van der Waals surface area contributed by atoms with E-state index in [1.165, 1.54) is 6.08 Å². The normalized spacial score (nSPS) is 11.8. The largest absolute Gasteiger partial charge is 0.508 e. The highest BCUT2D eigenvalue weighted by Gasteiger charge is 2.10. The molecule has 0 spiro atoms. The highest BCUT2D eigenvalue weighted by atomic mass is 16.3. The van der Waals surface area contributed by atoms with Crippen LogP contribution in [0.5, 0.6) is 5.75 Å². The Labute approximate surface area is 83.1 Å².